The molecule has 5 aromatic rings. The molecule has 0 fully saturated rings. The SMILES string of the molecule is CC.CC.c1ccc2nc3c4ccccc4c4ccccc4c3nc2c1. The molecule has 0 aliphatic carbocycles. The van der Waals surface area contributed by atoms with Gasteiger partial charge in [0, 0.05) is 10.8 Å². The first-order valence-electron chi connectivity index (χ1n) is 9.38. The molecule has 26 heavy (non-hydrogen) atoms. The van der Waals surface area contributed by atoms with Crippen molar-refractivity contribution < 1.29 is 0 Å². The molecule has 2 nitrogen and oxygen atoms in total. The standard InChI is InChI=1S/C20H12N2.2C2H6/c1-3-9-15-13(7-1)14-8-2-4-10-16(14)20-19(15)21-17-11-5-6-12-18(17)22-20;2*1-2/h1-12H;2*1-2H3. The van der Waals surface area contributed by atoms with Gasteiger partial charge in [-0.15, -0.1) is 0 Å². The summed E-state index contributed by atoms with van der Waals surface area (Å²) in [7, 11) is 0. The molecular formula is C24H24N2. The van der Waals surface area contributed by atoms with Crippen molar-refractivity contribution in [3.63, 3.8) is 0 Å². The van der Waals surface area contributed by atoms with Crippen LogP contribution in [0.1, 0.15) is 27.7 Å². The van der Waals surface area contributed by atoms with E-state index in [0.29, 0.717) is 0 Å². The maximum Gasteiger partial charge on any atom is 0.0979 e. The van der Waals surface area contributed by atoms with E-state index in [0.717, 1.165) is 32.8 Å². The van der Waals surface area contributed by atoms with Crippen LogP contribution in [0.5, 0.6) is 0 Å². The summed E-state index contributed by atoms with van der Waals surface area (Å²) in [5.74, 6) is 0. The third kappa shape index (κ3) is 2.88. The largest absolute Gasteiger partial charge is 0.244 e. The normalized spacial score (nSPS) is 10.3. The number of hydrogen-bond acceptors (Lipinski definition) is 2. The molecule has 0 saturated carbocycles. The van der Waals surface area contributed by atoms with Crippen LogP contribution in [0.2, 0.25) is 0 Å². The molecule has 0 amide bonds. The van der Waals surface area contributed by atoms with E-state index in [2.05, 4.69) is 48.5 Å². The molecule has 1 heterocycles. The van der Waals surface area contributed by atoms with E-state index in [9.17, 15) is 0 Å². The number of rotatable bonds is 0. The Morgan fingerprint density at radius 3 is 1.12 bits per heavy atom. The van der Waals surface area contributed by atoms with Crippen LogP contribution in [-0.4, -0.2) is 9.97 Å². The average molecular weight is 340 g/mol. The lowest BCUT2D eigenvalue weighted by molar-refractivity contribution is 1.42. The monoisotopic (exact) mass is 340 g/mol. The highest BCUT2D eigenvalue weighted by molar-refractivity contribution is 6.23. The fraction of sp³-hybridized carbons (Fsp3) is 0.167. The van der Waals surface area contributed by atoms with Gasteiger partial charge in [0.15, 0.2) is 0 Å². The highest BCUT2D eigenvalue weighted by Crippen LogP contribution is 2.33. The predicted molar refractivity (Wildman–Crippen MR) is 115 cm³/mol. The minimum absolute atomic E-state index is 0.940. The van der Waals surface area contributed by atoms with E-state index >= 15 is 0 Å². The van der Waals surface area contributed by atoms with E-state index in [4.69, 9.17) is 9.97 Å². The summed E-state index contributed by atoms with van der Waals surface area (Å²) >= 11 is 0. The lowest BCUT2D eigenvalue weighted by Crippen LogP contribution is -1.90. The van der Waals surface area contributed by atoms with Gasteiger partial charge in [-0.2, -0.15) is 0 Å². The Morgan fingerprint density at radius 2 is 0.731 bits per heavy atom. The van der Waals surface area contributed by atoms with Crippen LogP contribution in [0.4, 0.5) is 0 Å². The van der Waals surface area contributed by atoms with Gasteiger partial charge in [0.05, 0.1) is 22.1 Å². The van der Waals surface area contributed by atoms with Crippen molar-refractivity contribution >= 4 is 43.6 Å². The van der Waals surface area contributed by atoms with E-state index in [1.807, 2.05) is 52.0 Å². The number of fused-ring (bicyclic) bond motifs is 7. The molecule has 5 rings (SSSR count). The molecule has 4 aromatic carbocycles. The van der Waals surface area contributed by atoms with Crippen molar-refractivity contribution in [1.82, 2.24) is 9.97 Å². The van der Waals surface area contributed by atoms with Gasteiger partial charge in [0.2, 0.25) is 0 Å². The van der Waals surface area contributed by atoms with E-state index in [1.54, 1.807) is 0 Å². The second kappa shape index (κ2) is 7.92. The third-order valence-corrected chi connectivity index (χ3v) is 4.23. The molecule has 1 aromatic heterocycles. The average Bonchev–Trinajstić information content (AvgIpc) is 2.76. The first-order chi connectivity index (χ1) is 12.9. The Kier molecular flexibility index (Phi) is 5.43. The highest BCUT2D eigenvalue weighted by atomic mass is 14.8. The van der Waals surface area contributed by atoms with Crippen molar-refractivity contribution in [3.05, 3.63) is 72.8 Å². The molecule has 0 unspecified atom stereocenters. The van der Waals surface area contributed by atoms with E-state index in [-0.39, 0.29) is 0 Å². The Balaban J connectivity index is 0.000000461. The van der Waals surface area contributed by atoms with E-state index in [1.165, 1.54) is 10.8 Å². The molecule has 0 spiro atoms. The summed E-state index contributed by atoms with van der Waals surface area (Å²) in [6.45, 7) is 8.00. The summed E-state index contributed by atoms with van der Waals surface area (Å²) in [6.07, 6.45) is 0. The first-order valence-corrected chi connectivity index (χ1v) is 9.38. The third-order valence-electron chi connectivity index (χ3n) is 4.23. The van der Waals surface area contributed by atoms with Gasteiger partial charge in [0.1, 0.15) is 0 Å². The molecule has 0 radical (unpaired) electrons. The van der Waals surface area contributed by atoms with Crippen LogP contribution in [0.15, 0.2) is 72.8 Å². The smallest absolute Gasteiger partial charge is 0.0979 e. The summed E-state index contributed by atoms with van der Waals surface area (Å²) in [5.41, 5.74) is 3.84. The number of nitrogens with zero attached hydrogens (tertiary/aromatic N) is 2. The second-order valence-corrected chi connectivity index (χ2v) is 5.50. The number of para-hydroxylation sites is 2. The summed E-state index contributed by atoms with van der Waals surface area (Å²) in [4.78, 5) is 9.79. The van der Waals surface area contributed by atoms with Crippen molar-refractivity contribution in [2.24, 2.45) is 0 Å². The summed E-state index contributed by atoms with van der Waals surface area (Å²) < 4.78 is 0. The number of benzene rings is 4. The number of aromatic nitrogens is 2. The van der Waals surface area contributed by atoms with Crippen LogP contribution in [-0.2, 0) is 0 Å². The molecule has 0 aliphatic rings. The Labute approximate surface area is 154 Å². The Morgan fingerprint density at radius 1 is 0.423 bits per heavy atom. The van der Waals surface area contributed by atoms with Crippen molar-refractivity contribution in [1.29, 1.82) is 0 Å². The summed E-state index contributed by atoms with van der Waals surface area (Å²) in [6, 6.07) is 24.9. The first kappa shape index (κ1) is 17.8. The fourth-order valence-electron chi connectivity index (χ4n) is 3.22. The van der Waals surface area contributed by atoms with Crippen LogP contribution in [0.3, 0.4) is 0 Å². The predicted octanol–water partition coefficient (Wildman–Crippen LogP) is 7.14. The van der Waals surface area contributed by atoms with Crippen molar-refractivity contribution in [3.8, 4) is 0 Å². The molecule has 0 saturated heterocycles. The zero-order chi connectivity index (χ0) is 18.5. The van der Waals surface area contributed by atoms with Gasteiger partial charge in [-0.25, -0.2) is 9.97 Å². The number of hydrogen-bond donors (Lipinski definition) is 0. The fourth-order valence-corrected chi connectivity index (χ4v) is 3.22. The van der Waals surface area contributed by atoms with Crippen molar-refractivity contribution in [2.75, 3.05) is 0 Å². The molecular weight excluding hydrogens is 316 g/mol. The summed E-state index contributed by atoms with van der Waals surface area (Å²) in [5, 5.41) is 4.79. The van der Waals surface area contributed by atoms with E-state index < -0.39 is 0 Å². The minimum atomic E-state index is 0.940. The molecule has 130 valence electrons. The van der Waals surface area contributed by atoms with Gasteiger partial charge >= 0.3 is 0 Å². The van der Waals surface area contributed by atoms with Gasteiger partial charge in [-0.3, -0.25) is 0 Å². The zero-order valence-electron chi connectivity index (χ0n) is 15.8. The molecule has 0 N–H and O–H groups in total. The minimum Gasteiger partial charge on any atom is -0.244 e. The Bertz CT molecular complexity index is 1080. The van der Waals surface area contributed by atoms with Gasteiger partial charge in [-0.05, 0) is 22.9 Å². The maximum absolute atomic E-state index is 4.89. The van der Waals surface area contributed by atoms with Crippen LogP contribution >= 0.6 is 0 Å². The topological polar surface area (TPSA) is 25.8 Å². The van der Waals surface area contributed by atoms with Crippen molar-refractivity contribution in [2.45, 2.75) is 27.7 Å². The molecule has 0 aliphatic heterocycles. The van der Waals surface area contributed by atoms with Gasteiger partial charge in [0.25, 0.3) is 0 Å². The molecule has 0 atom stereocenters. The highest BCUT2D eigenvalue weighted by Gasteiger charge is 2.11. The molecule has 2 heteroatoms. The Hall–Kier alpha value is -3.00. The van der Waals surface area contributed by atoms with Gasteiger partial charge < -0.3 is 0 Å². The maximum atomic E-state index is 4.89. The van der Waals surface area contributed by atoms with Crippen LogP contribution in [0.25, 0.3) is 43.6 Å². The quantitative estimate of drug-likeness (QED) is 0.221. The van der Waals surface area contributed by atoms with Crippen LogP contribution in [0, 0.1) is 0 Å². The lowest BCUT2D eigenvalue weighted by atomic mass is 9.99. The molecule has 0 bridgehead atoms. The van der Waals surface area contributed by atoms with Crippen LogP contribution < -0.4 is 0 Å². The second-order valence-electron chi connectivity index (χ2n) is 5.50. The van der Waals surface area contributed by atoms with Gasteiger partial charge in [-0.1, -0.05) is 88.4 Å². The zero-order valence-corrected chi connectivity index (χ0v) is 15.8. The lowest BCUT2D eigenvalue weighted by Gasteiger charge is -2.09.